The number of hydrogen-bond acceptors (Lipinski definition) is 2. The molecule has 98 valence electrons. The Balaban J connectivity index is 1.77. The van der Waals surface area contributed by atoms with Gasteiger partial charge in [-0.15, -0.1) is 0 Å². The third-order valence-corrected chi connectivity index (χ3v) is 3.85. The molecule has 2 heteroatoms. The Morgan fingerprint density at radius 3 is 2.11 bits per heavy atom. The Kier molecular flexibility index (Phi) is 3.36. The first-order valence-corrected chi connectivity index (χ1v) is 6.84. The third kappa shape index (κ3) is 2.70. The minimum atomic E-state index is -0.657. The minimum Gasteiger partial charge on any atom is -0.386 e. The standard InChI is InChI=1S/C17H19NO/c18-16(14-4-2-1-3-5-14)17(19)15-10-8-13(9-11-15)12-6-7-12/h1-5,8-12,16-17,19H,6-7,18H2. The number of aliphatic hydroxyl groups excluding tert-OH is 1. The average molecular weight is 253 g/mol. The van der Waals surface area contributed by atoms with Gasteiger partial charge in [-0.3, -0.25) is 0 Å². The molecular formula is C17H19NO. The van der Waals surface area contributed by atoms with Gasteiger partial charge in [-0.2, -0.15) is 0 Å². The van der Waals surface area contributed by atoms with E-state index in [2.05, 4.69) is 12.1 Å². The van der Waals surface area contributed by atoms with Gasteiger partial charge in [0, 0.05) is 0 Å². The SMILES string of the molecule is NC(c1ccccc1)C(O)c1ccc(C2CC2)cc1. The molecule has 2 nitrogen and oxygen atoms in total. The van der Waals surface area contributed by atoms with Crippen LogP contribution in [0.25, 0.3) is 0 Å². The van der Waals surface area contributed by atoms with E-state index in [1.54, 1.807) is 0 Å². The second-order valence-corrected chi connectivity index (χ2v) is 5.32. The summed E-state index contributed by atoms with van der Waals surface area (Å²) in [5.41, 5.74) is 9.36. The van der Waals surface area contributed by atoms with E-state index in [1.807, 2.05) is 42.5 Å². The van der Waals surface area contributed by atoms with Crippen molar-refractivity contribution in [3.8, 4) is 0 Å². The van der Waals surface area contributed by atoms with E-state index in [4.69, 9.17) is 5.73 Å². The molecule has 0 aromatic heterocycles. The van der Waals surface area contributed by atoms with Crippen molar-refractivity contribution in [2.75, 3.05) is 0 Å². The van der Waals surface area contributed by atoms with Crippen LogP contribution in [-0.4, -0.2) is 5.11 Å². The topological polar surface area (TPSA) is 46.2 Å². The number of aliphatic hydroxyl groups is 1. The first kappa shape index (κ1) is 12.4. The van der Waals surface area contributed by atoms with Crippen molar-refractivity contribution in [3.63, 3.8) is 0 Å². The Labute approximate surface area is 113 Å². The summed E-state index contributed by atoms with van der Waals surface area (Å²) in [6.45, 7) is 0. The van der Waals surface area contributed by atoms with Gasteiger partial charge in [-0.1, -0.05) is 54.6 Å². The molecular weight excluding hydrogens is 234 g/mol. The monoisotopic (exact) mass is 253 g/mol. The maximum atomic E-state index is 10.4. The van der Waals surface area contributed by atoms with Gasteiger partial charge < -0.3 is 10.8 Å². The van der Waals surface area contributed by atoms with Crippen LogP contribution in [0.5, 0.6) is 0 Å². The van der Waals surface area contributed by atoms with Crippen molar-refractivity contribution in [1.82, 2.24) is 0 Å². The number of nitrogens with two attached hydrogens (primary N) is 1. The summed E-state index contributed by atoms with van der Waals surface area (Å²) in [4.78, 5) is 0. The predicted molar refractivity (Wildman–Crippen MR) is 76.7 cm³/mol. The van der Waals surface area contributed by atoms with Gasteiger partial charge in [0.25, 0.3) is 0 Å². The van der Waals surface area contributed by atoms with Crippen molar-refractivity contribution in [2.24, 2.45) is 5.73 Å². The Morgan fingerprint density at radius 2 is 1.53 bits per heavy atom. The second-order valence-electron chi connectivity index (χ2n) is 5.32. The van der Waals surface area contributed by atoms with E-state index in [0.717, 1.165) is 17.0 Å². The fourth-order valence-corrected chi connectivity index (χ4v) is 2.45. The van der Waals surface area contributed by atoms with Crippen molar-refractivity contribution < 1.29 is 5.11 Å². The van der Waals surface area contributed by atoms with E-state index in [1.165, 1.54) is 18.4 Å². The summed E-state index contributed by atoms with van der Waals surface area (Å²) >= 11 is 0. The Hall–Kier alpha value is -1.64. The summed E-state index contributed by atoms with van der Waals surface area (Å²) in [7, 11) is 0. The Morgan fingerprint density at radius 1 is 0.895 bits per heavy atom. The zero-order valence-electron chi connectivity index (χ0n) is 10.9. The van der Waals surface area contributed by atoms with Crippen molar-refractivity contribution >= 4 is 0 Å². The molecule has 2 aromatic carbocycles. The van der Waals surface area contributed by atoms with Crippen molar-refractivity contribution in [3.05, 3.63) is 71.3 Å². The molecule has 2 atom stereocenters. The van der Waals surface area contributed by atoms with Crippen LogP contribution in [0.4, 0.5) is 0 Å². The highest BCUT2D eigenvalue weighted by Crippen LogP contribution is 2.40. The largest absolute Gasteiger partial charge is 0.386 e. The molecule has 2 aromatic rings. The van der Waals surface area contributed by atoms with Crippen LogP contribution in [0.2, 0.25) is 0 Å². The molecule has 1 saturated carbocycles. The molecule has 0 saturated heterocycles. The lowest BCUT2D eigenvalue weighted by molar-refractivity contribution is 0.147. The van der Waals surface area contributed by atoms with Crippen LogP contribution in [0.1, 0.15) is 47.6 Å². The Bertz CT molecular complexity index is 531. The van der Waals surface area contributed by atoms with Crippen LogP contribution in [0.3, 0.4) is 0 Å². The second kappa shape index (κ2) is 5.16. The van der Waals surface area contributed by atoms with Gasteiger partial charge in [0.05, 0.1) is 12.1 Å². The highest BCUT2D eigenvalue weighted by molar-refractivity contribution is 5.31. The summed E-state index contributed by atoms with van der Waals surface area (Å²) < 4.78 is 0. The van der Waals surface area contributed by atoms with Gasteiger partial charge in [0.1, 0.15) is 0 Å². The summed E-state index contributed by atoms with van der Waals surface area (Å²) in [5.74, 6) is 0.744. The first-order valence-electron chi connectivity index (χ1n) is 6.84. The number of hydrogen-bond donors (Lipinski definition) is 2. The summed E-state index contributed by atoms with van der Waals surface area (Å²) in [6.07, 6.45) is 1.94. The molecule has 3 N–H and O–H groups in total. The van der Waals surface area contributed by atoms with Crippen molar-refractivity contribution in [2.45, 2.75) is 30.9 Å². The lowest BCUT2D eigenvalue weighted by atomic mass is 9.95. The quantitative estimate of drug-likeness (QED) is 0.878. The van der Waals surface area contributed by atoms with E-state index >= 15 is 0 Å². The zero-order valence-corrected chi connectivity index (χ0v) is 10.9. The van der Waals surface area contributed by atoms with Crippen LogP contribution < -0.4 is 5.73 Å². The smallest absolute Gasteiger partial charge is 0.0982 e. The molecule has 1 aliphatic carbocycles. The normalized spacial score (nSPS) is 18.0. The van der Waals surface area contributed by atoms with Gasteiger partial charge in [-0.25, -0.2) is 0 Å². The molecule has 1 aliphatic rings. The van der Waals surface area contributed by atoms with Gasteiger partial charge >= 0.3 is 0 Å². The molecule has 0 amide bonds. The van der Waals surface area contributed by atoms with Gasteiger partial charge in [-0.05, 0) is 35.4 Å². The van der Waals surface area contributed by atoms with Crippen LogP contribution in [0.15, 0.2) is 54.6 Å². The molecule has 19 heavy (non-hydrogen) atoms. The lowest BCUT2D eigenvalue weighted by Crippen LogP contribution is -2.19. The molecule has 0 radical (unpaired) electrons. The highest BCUT2D eigenvalue weighted by atomic mass is 16.3. The average Bonchev–Trinajstić information content (AvgIpc) is 3.31. The first-order chi connectivity index (χ1) is 9.25. The van der Waals surface area contributed by atoms with Gasteiger partial charge in [0.2, 0.25) is 0 Å². The number of benzene rings is 2. The van der Waals surface area contributed by atoms with E-state index in [-0.39, 0.29) is 6.04 Å². The van der Waals surface area contributed by atoms with E-state index < -0.39 is 6.10 Å². The molecule has 2 unspecified atom stereocenters. The maximum absolute atomic E-state index is 10.4. The van der Waals surface area contributed by atoms with Crippen LogP contribution in [0, 0.1) is 0 Å². The third-order valence-electron chi connectivity index (χ3n) is 3.85. The van der Waals surface area contributed by atoms with Crippen LogP contribution >= 0.6 is 0 Å². The maximum Gasteiger partial charge on any atom is 0.0982 e. The summed E-state index contributed by atoms with van der Waals surface area (Å²) in [5, 5.41) is 10.4. The molecule has 0 aliphatic heterocycles. The zero-order chi connectivity index (χ0) is 13.2. The van der Waals surface area contributed by atoms with E-state index in [9.17, 15) is 5.11 Å². The van der Waals surface area contributed by atoms with Crippen LogP contribution in [-0.2, 0) is 0 Å². The highest BCUT2D eigenvalue weighted by Gasteiger charge is 2.24. The predicted octanol–water partition coefficient (Wildman–Crippen LogP) is 3.30. The molecule has 3 rings (SSSR count). The fraction of sp³-hybridized carbons (Fsp3) is 0.294. The summed E-state index contributed by atoms with van der Waals surface area (Å²) in [6, 6.07) is 17.6. The fourth-order valence-electron chi connectivity index (χ4n) is 2.45. The molecule has 0 bridgehead atoms. The van der Waals surface area contributed by atoms with E-state index in [0.29, 0.717) is 0 Å². The number of rotatable bonds is 4. The van der Waals surface area contributed by atoms with Crippen molar-refractivity contribution in [1.29, 1.82) is 0 Å². The van der Waals surface area contributed by atoms with Gasteiger partial charge in [0.15, 0.2) is 0 Å². The minimum absolute atomic E-state index is 0.382. The molecule has 1 fully saturated rings. The lowest BCUT2D eigenvalue weighted by Gasteiger charge is -2.19. The molecule has 0 heterocycles. The molecule has 0 spiro atoms.